The first-order valence-corrected chi connectivity index (χ1v) is 7.98. The second kappa shape index (κ2) is 8.27. The van der Waals surface area contributed by atoms with Gasteiger partial charge in [-0.2, -0.15) is 0 Å². The molecule has 0 bridgehead atoms. The molecule has 5 nitrogen and oxygen atoms in total. The van der Waals surface area contributed by atoms with Crippen LogP contribution in [0.2, 0.25) is 0 Å². The summed E-state index contributed by atoms with van der Waals surface area (Å²) in [5.74, 6) is 1.04. The van der Waals surface area contributed by atoms with Crippen LogP contribution in [0.4, 0.5) is 5.82 Å². The van der Waals surface area contributed by atoms with Crippen LogP contribution in [0, 0.1) is 5.92 Å². The number of rotatable bonds is 7. The van der Waals surface area contributed by atoms with Crippen LogP contribution in [-0.4, -0.2) is 22.4 Å². The first-order chi connectivity index (χ1) is 11.1. The number of anilines is 1. The van der Waals surface area contributed by atoms with Gasteiger partial charge in [-0.3, -0.25) is 4.79 Å². The lowest BCUT2D eigenvalue weighted by molar-refractivity contribution is 0.0947. The Morgan fingerprint density at radius 2 is 1.87 bits per heavy atom. The Morgan fingerprint density at radius 3 is 2.57 bits per heavy atom. The number of benzene rings is 1. The second-order valence-corrected chi connectivity index (χ2v) is 6.00. The summed E-state index contributed by atoms with van der Waals surface area (Å²) in [6.45, 7) is 6.97. The minimum Gasteiger partial charge on any atom is -0.363 e. The second-order valence-electron chi connectivity index (χ2n) is 6.00. The molecule has 1 aromatic heterocycles. The van der Waals surface area contributed by atoms with Crippen LogP contribution < -0.4 is 10.6 Å². The SMILES string of the molecule is CC(C)CCNC(=O)c1cc(NC(C)c2ccccc2)ncn1. The summed E-state index contributed by atoms with van der Waals surface area (Å²) >= 11 is 0. The van der Waals surface area contributed by atoms with Crippen molar-refractivity contribution in [2.75, 3.05) is 11.9 Å². The molecule has 0 saturated heterocycles. The first kappa shape index (κ1) is 16.9. The molecular weight excluding hydrogens is 288 g/mol. The van der Waals surface area contributed by atoms with E-state index >= 15 is 0 Å². The highest BCUT2D eigenvalue weighted by Gasteiger charge is 2.10. The Hall–Kier alpha value is -2.43. The fourth-order valence-electron chi connectivity index (χ4n) is 2.17. The molecule has 0 radical (unpaired) electrons. The van der Waals surface area contributed by atoms with Gasteiger partial charge in [0.15, 0.2) is 0 Å². The fourth-order valence-corrected chi connectivity index (χ4v) is 2.17. The monoisotopic (exact) mass is 312 g/mol. The normalized spacial score (nSPS) is 12.0. The van der Waals surface area contributed by atoms with Gasteiger partial charge in [0.2, 0.25) is 0 Å². The van der Waals surface area contributed by atoms with Crippen molar-refractivity contribution in [3.63, 3.8) is 0 Å². The van der Waals surface area contributed by atoms with Crippen LogP contribution in [0.25, 0.3) is 0 Å². The zero-order valence-electron chi connectivity index (χ0n) is 13.9. The van der Waals surface area contributed by atoms with Crippen LogP contribution in [0.1, 0.15) is 49.3 Å². The lowest BCUT2D eigenvalue weighted by Crippen LogP contribution is -2.26. The van der Waals surface area contributed by atoms with Crippen molar-refractivity contribution in [3.8, 4) is 0 Å². The van der Waals surface area contributed by atoms with Crippen molar-refractivity contribution >= 4 is 11.7 Å². The third kappa shape index (κ3) is 5.36. The van der Waals surface area contributed by atoms with Crippen molar-refractivity contribution in [1.29, 1.82) is 0 Å². The van der Waals surface area contributed by atoms with E-state index in [1.807, 2.05) is 18.2 Å². The molecule has 1 amide bonds. The average molecular weight is 312 g/mol. The molecule has 1 unspecified atom stereocenters. The maximum atomic E-state index is 12.1. The highest BCUT2D eigenvalue weighted by atomic mass is 16.1. The number of nitrogens with zero attached hydrogens (tertiary/aromatic N) is 2. The summed E-state index contributed by atoms with van der Waals surface area (Å²) in [5, 5.41) is 6.18. The quantitative estimate of drug-likeness (QED) is 0.822. The van der Waals surface area contributed by atoms with E-state index < -0.39 is 0 Å². The van der Waals surface area contributed by atoms with E-state index in [1.54, 1.807) is 6.07 Å². The molecule has 2 aromatic rings. The predicted molar refractivity (Wildman–Crippen MR) is 92.3 cm³/mol. The van der Waals surface area contributed by atoms with Crippen molar-refractivity contribution in [2.45, 2.75) is 33.2 Å². The first-order valence-electron chi connectivity index (χ1n) is 7.98. The van der Waals surface area contributed by atoms with Crippen LogP contribution >= 0.6 is 0 Å². The van der Waals surface area contributed by atoms with Crippen molar-refractivity contribution in [2.24, 2.45) is 5.92 Å². The Balaban J connectivity index is 1.98. The maximum Gasteiger partial charge on any atom is 0.270 e. The molecule has 2 N–H and O–H groups in total. The summed E-state index contributed by atoms with van der Waals surface area (Å²) in [6.07, 6.45) is 2.37. The van der Waals surface area contributed by atoms with Gasteiger partial charge in [0.25, 0.3) is 5.91 Å². The highest BCUT2D eigenvalue weighted by Crippen LogP contribution is 2.17. The third-order valence-corrected chi connectivity index (χ3v) is 3.57. The topological polar surface area (TPSA) is 66.9 Å². The molecule has 0 aliphatic carbocycles. The number of carbonyl (C=O) groups is 1. The van der Waals surface area contributed by atoms with Crippen LogP contribution in [-0.2, 0) is 0 Å². The van der Waals surface area contributed by atoms with Crippen LogP contribution in [0.5, 0.6) is 0 Å². The highest BCUT2D eigenvalue weighted by molar-refractivity contribution is 5.92. The standard InChI is InChI=1S/C18H24N4O/c1-13(2)9-10-19-18(23)16-11-17(21-12-20-16)22-14(3)15-7-5-4-6-8-15/h4-8,11-14H,9-10H2,1-3H3,(H,19,23)(H,20,21,22). The maximum absolute atomic E-state index is 12.1. The molecule has 1 atom stereocenters. The summed E-state index contributed by atoms with van der Waals surface area (Å²) in [7, 11) is 0. The minimum atomic E-state index is -0.163. The molecular formula is C18H24N4O. The van der Waals surface area contributed by atoms with Gasteiger partial charge >= 0.3 is 0 Å². The van der Waals surface area contributed by atoms with Gasteiger partial charge in [0, 0.05) is 18.7 Å². The number of aromatic nitrogens is 2. The Kier molecular flexibility index (Phi) is 6.09. The molecule has 1 aromatic carbocycles. The molecule has 2 rings (SSSR count). The van der Waals surface area contributed by atoms with Gasteiger partial charge < -0.3 is 10.6 Å². The molecule has 1 heterocycles. The Bertz CT molecular complexity index is 628. The van der Waals surface area contributed by atoms with E-state index in [-0.39, 0.29) is 11.9 Å². The molecule has 0 fully saturated rings. The molecule has 0 aliphatic heterocycles. The molecule has 122 valence electrons. The molecule has 0 aliphatic rings. The van der Waals surface area contributed by atoms with Crippen molar-refractivity contribution in [3.05, 3.63) is 54.0 Å². The lowest BCUT2D eigenvalue weighted by Gasteiger charge is -2.15. The van der Waals surface area contributed by atoms with E-state index in [1.165, 1.54) is 6.33 Å². The summed E-state index contributed by atoms with van der Waals surface area (Å²) < 4.78 is 0. The number of hydrogen-bond acceptors (Lipinski definition) is 4. The largest absolute Gasteiger partial charge is 0.363 e. The van der Waals surface area contributed by atoms with Crippen LogP contribution in [0.15, 0.2) is 42.7 Å². The van der Waals surface area contributed by atoms with E-state index in [4.69, 9.17) is 0 Å². The van der Waals surface area contributed by atoms with Gasteiger partial charge in [-0.25, -0.2) is 9.97 Å². The van der Waals surface area contributed by atoms with Crippen LogP contribution in [0.3, 0.4) is 0 Å². The zero-order chi connectivity index (χ0) is 16.7. The molecule has 0 saturated carbocycles. The summed E-state index contributed by atoms with van der Waals surface area (Å²) in [5.41, 5.74) is 1.54. The van der Waals surface area contributed by atoms with Crippen molar-refractivity contribution in [1.82, 2.24) is 15.3 Å². The summed E-state index contributed by atoms with van der Waals surface area (Å²) in [6, 6.07) is 11.9. The summed E-state index contributed by atoms with van der Waals surface area (Å²) in [4.78, 5) is 20.4. The van der Waals surface area contributed by atoms with Gasteiger partial charge in [-0.1, -0.05) is 44.2 Å². The van der Waals surface area contributed by atoms with E-state index in [9.17, 15) is 4.79 Å². The number of carbonyl (C=O) groups excluding carboxylic acids is 1. The average Bonchev–Trinajstić information content (AvgIpc) is 2.55. The zero-order valence-corrected chi connectivity index (χ0v) is 13.9. The minimum absolute atomic E-state index is 0.1000. The Labute approximate surface area is 137 Å². The number of nitrogens with one attached hydrogen (secondary N) is 2. The molecule has 5 heteroatoms. The van der Waals surface area contributed by atoms with Gasteiger partial charge in [0.1, 0.15) is 17.8 Å². The van der Waals surface area contributed by atoms with E-state index in [0.717, 1.165) is 12.0 Å². The third-order valence-electron chi connectivity index (χ3n) is 3.57. The van der Waals surface area contributed by atoms with E-state index in [2.05, 4.69) is 53.5 Å². The lowest BCUT2D eigenvalue weighted by atomic mass is 10.1. The van der Waals surface area contributed by atoms with Gasteiger partial charge in [-0.05, 0) is 24.8 Å². The van der Waals surface area contributed by atoms with Gasteiger partial charge in [-0.15, -0.1) is 0 Å². The number of hydrogen-bond donors (Lipinski definition) is 2. The smallest absolute Gasteiger partial charge is 0.270 e. The molecule has 0 spiro atoms. The van der Waals surface area contributed by atoms with Crippen molar-refractivity contribution < 1.29 is 4.79 Å². The van der Waals surface area contributed by atoms with Gasteiger partial charge in [0.05, 0.1) is 0 Å². The number of amides is 1. The molecule has 23 heavy (non-hydrogen) atoms. The Morgan fingerprint density at radius 1 is 1.13 bits per heavy atom. The fraction of sp³-hybridized carbons (Fsp3) is 0.389. The van der Waals surface area contributed by atoms with E-state index in [0.29, 0.717) is 24.0 Å². The predicted octanol–water partition coefficient (Wildman–Crippen LogP) is 3.43.